The highest BCUT2D eigenvalue weighted by Crippen LogP contribution is 2.20. The van der Waals surface area contributed by atoms with Gasteiger partial charge in [0.25, 0.3) is 6.43 Å². The molecule has 0 rings (SSSR count). The van der Waals surface area contributed by atoms with Crippen LogP contribution in [0.1, 0.15) is 13.8 Å². The Labute approximate surface area is 79.8 Å². The fraction of sp³-hybridized carbons (Fsp3) is 0.333. The molecule has 0 atom stereocenters. The van der Waals surface area contributed by atoms with E-state index < -0.39 is 6.43 Å². The summed E-state index contributed by atoms with van der Waals surface area (Å²) in [5.41, 5.74) is 0.365. The molecule has 0 saturated heterocycles. The zero-order valence-electron chi connectivity index (χ0n) is 7.07. The topological polar surface area (TPSA) is 0 Å². The normalized spacial score (nSPS) is 13.8. The Morgan fingerprint density at radius 2 is 2.00 bits per heavy atom. The van der Waals surface area contributed by atoms with Gasteiger partial charge in [-0.15, -0.1) is 0 Å². The van der Waals surface area contributed by atoms with E-state index in [1.165, 1.54) is 6.08 Å². The van der Waals surface area contributed by atoms with Crippen molar-refractivity contribution in [1.82, 2.24) is 0 Å². The SMILES string of the molecule is C=C(C)C(=CC(Br)=CC)C(F)F. The largest absolute Gasteiger partial charge is 0.264 e. The first kappa shape index (κ1) is 11.6. The Bertz CT molecular complexity index is 227. The van der Waals surface area contributed by atoms with Crippen molar-refractivity contribution in [1.29, 1.82) is 0 Å². The molecule has 3 heteroatoms. The fourth-order valence-electron chi connectivity index (χ4n) is 0.604. The molecule has 0 radical (unpaired) electrons. The summed E-state index contributed by atoms with van der Waals surface area (Å²) in [4.78, 5) is 0. The Morgan fingerprint density at radius 1 is 1.50 bits per heavy atom. The summed E-state index contributed by atoms with van der Waals surface area (Å²) in [6.07, 6.45) is 0.619. The molecule has 68 valence electrons. The third-order valence-corrected chi connectivity index (χ3v) is 1.98. The van der Waals surface area contributed by atoms with Crippen molar-refractivity contribution in [3.63, 3.8) is 0 Å². The molecule has 0 aliphatic carbocycles. The van der Waals surface area contributed by atoms with E-state index in [1.807, 2.05) is 0 Å². The molecule has 0 nitrogen and oxygen atoms in total. The number of rotatable bonds is 3. The molecule has 0 spiro atoms. The van der Waals surface area contributed by atoms with Gasteiger partial charge in [-0.2, -0.15) is 0 Å². The molecule has 0 unspecified atom stereocenters. The Morgan fingerprint density at radius 3 is 2.25 bits per heavy atom. The monoisotopic (exact) mass is 236 g/mol. The number of halogens is 3. The highest BCUT2D eigenvalue weighted by Gasteiger charge is 2.11. The minimum atomic E-state index is -2.46. The molecule has 12 heavy (non-hydrogen) atoms. The average Bonchev–Trinajstić information content (AvgIpc) is 1.98. The lowest BCUT2D eigenvalue weighted by molar-refractivity contribution is 0.192. The third kappa shape index (κ3) is 3.81. The molecular formula is C9H11BrF2. The average molecular weight is 237 g/mol. The van der Waals surface area contributed by atoms with E-state index >= 15 is 0 Å². The summed E-state index contributed by atoms with van der Waals surface area (Å²) in [5, 5.41) is 0. The molecule has 0 fully saturated rings. The first-order valence-electron chi connectivity index (χ1n) is 3.46. The van der Waals surface area contributed by atoms with E-state index in [0.717, 1.165) is 0 Å². The highest BCUT2D eigenvalue weighted by molar-refractivity contribution is 9.11. The molecule has 0 N–H and O–H groups in total. The van der Waals surface area contributed by atoms with Crippen LogP contribution in [0.4, 0.5) is 8.78 Å². The van der Waals surface area contributed by atoms with E-state index in [0.29, 0.717) is 10.1 Å². The molecule has 0 aromatic rings. The Balaban J connectivity index is 4.74. The molecule has 0 bridgehead atoms. The van der Waals surface area contributed by atoms with Crippen molar-refractivity contribution in [3.05, 3.63) is 34.4 Å². The lowest BCUT2D eigenvalue weighted by Gasteiger charge is -2.04. The van der Waals surface area contributed by atoms with Crippen LogP contribution in [-0.4, -0.2) is 6.43 Å². The number of allylic oxidation sites excluding steroid dienone is 5. The van der Waals surface area contributed by atoms with Crippen LogP contribution in [0.25, 0.3) is 0 Å². The van der Waals surface area contributed by atoms with Gasteiger partial charge in [0.15, 0.2) is 0 Å². The lowest BCUT2D eigenvalue weighted by atomic mass is 10.1. The summed E-state index contributed by atoms with van der Waals surface area (Å²) < 4.78 is 25.2. The molecule has 0 aliphatic heterocycles. The van der Waals surface area contributed by atoms with Gasteiger partial charge in [0.05, 0.1) is 0 Å². The van der Waals surface area contributed by atoms with Crippen LogP contribution >= 0.6 is 15.9 Å². The summed E-state index contributed by atoms with van der Waals surface area (Å²) in [6, 6.07) is 0. The zero-order valence-corrected chi connectivity index (χ0v) is 8.66. The van der Waals surface area contributed by atoms with Gasteiger partial charge in [-0.3, -0.25) is 0 Å². The number of hydrogen-bond donors (Lipinski definition) is 0. The first-order valence-corrected chi connectivity index (χ1v) is 4.25. The van der Waals surface area contributed by atoms with E-state index in [1.54, 1.807) is 19.9 Å². The van der Waals surface area contributed by atoms with Crippen LogP contribution in [0.2, 0.25) is 0 Å². The van der Waals surface area contributed by atoms with Crippen molar-refractivity contribution < 1.29 is 8.78 Å². The summed E-state index contributed by atoms with van der Waals surface area (Å²) in [5.74, 6) is 0. The van der Waals surface area contributed by atoms with Crippen LogP contribution in [0.5, 0.6) is 0 Å². The smallest absolute Gasteiger partial charge is 0.205 e. The minimum Gasteiger partial charge on any atom is -0.205 e. The van der Waals surface area contributed by atoms with Crippen LogP contribution in [0, 0.1) is 0 Å². The maximum atomic E-state index is 12.3. The molecule has 0 aliphatic rings. The van der Waals surface area contributed by atoms with Gasteiger partial charge in [0.2, 0.25) is 0 Å². The summed E-state index contributed by atoms with van der Waals surface area (Å²) in [6.45, 7) is 6.80. The molecule has 0 amide bonds. The van der Waals surface area contributed by atoms with E-state index in [9.17, 15) is 8.78 Å². The lowest BCUT2D eigenvalue weighted by Crippen LogP contribution is -1.97. The number of alkyl halides is 2. The van der Waals surface area contributed by atoms with Crippen molar-refractivity contribution in [2.75, 3.05) is 0 Å². The molecular weight excluding hydrogens is 226 g/mol. The second-order valence-corrected chi connectivity index (χ2v) is 3.27. The van der Waals surface area contributed by atoms with Gasteiger partial charge in [0.1, 0.15) is 0 Å². The van der Waals surface area contributed by atoms with Crippen molar-refractivity contribution in [3.8, 4) is 0 Å². The van der Waals surface area contributed by atoms with Crippen molar-refractivity contribution in [2.45, 2.75) is 20.3 Å². The van der Waals surface area contributed by atoms with Crippen molar-refractivity contribution >= 4 is 15.9 Å². The Kier molecular flexibility index (Phi) is 5.06. The quantitative estimate of drug-likeness (QED) is 0.649. The van der Waals surface area contributed by atoms with Gasteiger partial charge in [-0.1, -0.05) is 28.6 Å². The molecule has 0 heterocycles. The second-order valence-electron chi connectivity index (χ2n) is 2.35. The molecule has 0 aromatic heterocycles. The Hall–Kier alpha value is -0.440. The van der Waals surface area contributed by atoms with Gasteiger partial charge in [-0.05, 0) is 25.5 Å². The summed E-state index contributed by atoms with van der Waals surface area (Å²) >= 11 is 3.12. The maximum Gasteiger partial charge on any atom is 0.264 e. The van der Waals surface area contributed by atoms with Crippen molar-refractivity contribution in [2.24, 2.45) is 0 Å². The molecule has 0 saturated carbocycles. The highest BCUT2D eigenvalue weighted by atomic mass is 79.9. The van der Waals surface area contributed by atoms with Crippen LogP contribution < -0.4 is 0 Å². The molecule has 0 aromatic carbocycles. The first-order chi connectivity index (χ1) is 5.49. The van der Waals surface area contributed by atoms with Gasteiger partial charge in [0, 0.05) is 10.1 Å². The predicted molar refractivity (Wildman–Crippen MR) is 51.6 cm³/mol. The van der Waals surface area contributed by atoms with Gasteiger partial charge in [-0.25, -0.2) is 8.78 Å². The predicted octanol–water partition coefficient (Wildman–Crippen LogP) is 4.05. The van der Waals surface area contributed by atoms with E-state index in [4.69, 9.17) is 0 Å². The van der Waals surface area contributed by atoms with Crippen LogP contribution in [-0.2, 0) is 0 Å². The minimum absolute atomic E-state index is 0.0278. The van der Waals surface area contributed by atoms with Crippen LogP contribution in [0.3, 0.4) is 0 Å². The van der Waals surface area contributed by atoms with Gasteiger partial charge >= 0.3 is 0 Å². The third-order valence-electron chi connectivity index (χ3n) is 1.30. The van der Waals surface area contributed by atoms with Crippen LogP contribution in [0.15, 0.2) is 34.4 Å². The standard InChI is InChI=1S/C9H11BrF2/c1-4-7(10)5-8(6(2)3)9(11)12/h4-5,9H,2H2,1,3H3. The maximum absolute atomic E-state index is 12.3. The summed E-state index contributed by atoms with van der Waals surface area (Å²) in [7, 11) is 0. The fourth-order valence-corrected chi connectivity index (χ4v) is 0.851. The number of hydrogen-bond acceptors (Lipinski definition) is 0. The van der Waals surface area contributed by atoms with E-state index in [-0.39, 0.29) is 5.57 Å². The van der Waals surface area contributed by atoms with Gasteiger partial charge < -0.3 is 0 Å². The second kappa shape index (κ2) is 5.25. The zero-order chi connectivity index (χ0) is 9.72. The van der Waals surface area contributed by atoms with E-state index in [2.05, 4.69) is 22.5 Å².